The van der Waals surface area contributed by atoms with Crippen molar-refractivity contribution in [1.29, 1.82) is 0 Å². The van der Waals surface area contributed by atoms with Crippen LogP contribution >= 0.6 is 0 Å². The van der Waals surface area contributed by atoms with Crippen molar-refractivity contribution in [3.63, 3.8) is 0 Å². The van der Waals surface area contributed by atoms with Crippen molar-refractivity contribution in [3.8, 4) is 0 Å². The molecule has 0 aliphatic heterocycles. The fourth-order valence-corrected chi connectivity index (χ4v) is 2.82. The second kappa shape index (κ2) is 8.06. The number of nitrogens with zero attached hydrogens (tertiary/aromatic N) is 1. The Labute approximate surface area is 143 Å². The lowest BCUT2D eigenvalue weighted by Crippen LogP contribution is -2.31. The lowest BCUT2D eigenvalue weighted by molar-refractivity contribution is -0.157. The second-order valence-electron chi connectivity index (χ2n) is 6.83. The van der Waals surface area contributed by atoms with Gasteiger partial charge in [-0.05, 0) is 44.4 Å². The normalized spacial score (nSPS) is 14.0. The zero-order valence-corrected chi connectivity index (χ0v) is 14.5. The highest BCUT2D eigenvalue weighted by atomic mass is 16.6. The molecule has 0 saturated carbocycles. The maximum atomic E-state index is 12.9. The Bertz CT molecular complexity index is 635. The zero-order chi connectivity index (χ0) is 17.6. The summed E-state index contributed by atoms with van der Waals surface area (Å²) in [6.45, 7) is 5.57. The Morgan fingerprint density at radius 3 is 2.33 bits per heavy atom. The first-order valence-electron chi connectivity index (χ1n) is 8.21. The molecule has 24 heavy (non-hydrogen) atoms. The Kier molecular flexibility index (Phi) is 6.10. The van der Waals surface area contributed by atoms with Gasteiger partial charge in [-0.1, -0.05) is 36.4 Å². The van der Waals surface area contributed by atoms with Crippen molar-refractivity contribution >= 4 is 5.97 Å². The van der Waals surface area contributed by atoms with E-state index in [1.807, 2.05) is 63.2 Å². The molecule has 1 aromatic heterocycles. The number of hydrogen-bond acceptors (Lipinski definition) is 4. The van der Waals surface area contributed by atoms with Crippen LogP contribution < -0.4 is 0 Å². The van der Waals surface area contributed by atoms with Gasteiger partial charge in [0, 0.05) is 24.9 Å². The van der Waals surface area contributed by atoms with Gasteiger partial charge in [0.05, 0.1) is 5.92 Å². The van der Waals surface area contributed by atoms with E-state index in [0.717, 1.165) is 11.1 Å². The molecule has 0 bridgehead atoms. The molecule has 0 saturated heterocycles. The van der Waals surface area contributed by atoms with E-state index in [4.69, 9.17) is 4.74 Å². The quantitative estimate of drug-likeness (QED) is 0.822. The maximum Gasteiger partial charge on any atom is 0.314 e. The van der Waals surface area contributed by atoms with Gasteiger partial charge in [-0.25, -0.2) is 0 Å². The molecule has 2 atom stereocenters. The molecular weight excluding hydrogens is 302 g/mol. The van der Waals surface area contributed by atoms with E-state index in [9.17, 15) is 9.90 Å². The fourth-order valence-electron chi connectivity index (χ4n) is 2.82. The van der Waals surface area contributed by atoms with E-state index < -0.39 is 11.5 Å². The van der Waals surface area contributed by atoms with Crippen LogP contribution in [-0.2, 0) is 9.53 Å². The number of pyridine rings is 1. The summed E-state index contributed by atoms with van der Waals surface area (Å²) >= 11 is 0. The first-order chi connectivity index (χ1) is 11.4. The molecule has 128 valence electrons. The Morgan fingerprint density at radius 2 is 1.79 bits per heavy atom. The summed E-state index contributed by atoms with van der Waals surface area (Å²) in [6.07, 6.45) is 3.85. The van der Waals surface area contributed by atoms with Crippen LogP contribution in [0.2, 0.25) is 0 Å². The first kappa shape index (κ1) is 18.1. The summed E-state index contributed by atoms with van der Waals surface area (Å²) in [5.41, 5.74) is 1.23. The number of rotatable bonds is 6. The van der Waals surface area contributed by atoms with Gasteiger partial charge >= 0.3 is 5.97 Å². The second-order valence-corrected chi connectivity index (χ2v) is 6.83. The average molecular weight is 327 g/mol. The minimum Gasteiger partial charge on any atom is -0.459 e. The highest BCUT2D eigenvalue weighted by molar-refractivity contribution is 5.80. The molecule has 0 aliphatic rings. The summed E-state index contributed by atoms with van der Waals surface area (Å²) < 4.78 is 5.65. The van der Waals surface area contributed by atoms with E-state index in [2.05, 4.69) is 4.98 Å². The minimum atomic E-state index is -0.571. The standard InChI is InChI=1S/C20H25NO3/c1-20(2,3)24-19(23)18(16-10-7-12-21-14-16)17(11-13-22)15-8-5-4-6-9-15/h4-10,12,14,17-18,22H,11,13H2,1-3H3. The molecule has 1 heterocycles. The molecule has 2 unspecified atom stereocenters. The van der Waals surface area contributed by atoms with E-state index in [-0.39, 0.29) is 18.5 Å². The van der Waals surface area contributed by atoms with Gasteiger partial charge < -0.3 is 9.84 Å². The minimum absolute atomic E-state index is 0.000872. The van der Waals surface area contributed by atoms with Crippen molar-refractivity contribution in [2.75, 3.05) is 6.61 Å². The number of carbonyl (C=O) groups is 1. The molecule has 1 aromatic carbocycles. The van der Waals surface area contributed by atoms with Crippen LogP contribution in [0.5, 0.6) is 0 Å². The summed E-state index contributed by atoms with van der Waals surface area (Å²) in [4.78, 5) is 17.1. The molecule has 0 radical (unpaired) electrons. The Morgan fingerprint density at radius 1 is 1.12 bits per heavy atom. The molecule has 0 spiro atoms. The van der Waals surface area contributed by atoms with Crippen molar-refractivity contribution in [2.24, 2.45) is 0 Å². The van der Waals surface area contributed by atoms with Gasteiger partial charge in [0.2, 0.25) is 0 Å². The molecule has 2 aromatic rings. The molecular formula is C20H25NO3. The van der Waals surface area contributed by atoms with E-state index in [1.54, 1.807) is 12.4 Å². The van der Waals surface area contributed by atoms with E-state index in [1.165, 1.54) is 0 Å². The van der Waals surface area contributed by atoms with Crippen LogP contribution in [0.25, 0.3) is 0 Å². The average Bonchev–Trinajstić information content (AvgIpc) is 2.54. The number of hydrogen-bond donors (Lipinski definition) is 1. The number of aromatic nitrogens is 1. The third kappa shape index (κ3) is 4.90. The van der Waals surface area contributed by atoms with Crippen molar-refractivity contribution in [3.05, 3.63) is 66.0 Å². The van der Waals surface area contributed by atoms with Crippen LogP contribution in [0.3, 0.4) is 0 Å². The van der Waals surface area contributed by atoms with Crippen LogP contribution in [0.15, 0.2) is 54.9 Å². The number of aliphatic hydroxyl groups is 1. The first-order valence-corrected chi connectivity index (χ1v) is 8.21. The Balaban J connectivity index is 2.44. The van der Waals surface area contributed by atoms with Crippen LogP contribution in [0.1, 0.15) is 50.2 Å². The van der Waals surface area contributed by atoms with Gasteiger partial charge in [-0.3, -0.25) is 9.78 Å². The lowest BCUT2D eigenvalue weighted by Gasteiger charge is -2.29. The fraction of sp³-hybridized carbons (Fsp3) is 0.400. The molecule has 0 amide bonds. The number of carbonyl (C=O) groups excluding carboxylic acids is 1. The molecule has 0 aliphatic carbocycles. The summed E-state index contributed by atoms with van der Waals surface area (Å²) in [5, 5.41) is 9.54. The molecule has 4 nitrogen and oxygen atoms in total. The number of esters is 1. The lowest BCUT2D eigenvalue weighted by atomic mass is 9.80. The smallest absolute Gasteiger partial charge is 0.314 e. The van der Waals surface area contributed by atoms with Crippen LogP contribution in [0, 0.1) is 0 Å². The van der Waals surface area contributed by atoms with Gasteiger partial charge in [-0.15, -0.1) is 0 Å². The van der Waals surface area contributed by atoms with Gasteiger partial charge in [-0.2, -0.15) is 0 Å². The van der Waals surface area contributed by atoms with Gasteiger partial charge in [0.15, 0.2) is 0 Å². The van der Waals surface area contributed by atoms with Crippen molar-refractivity contribution in [1.82, 2.24) is 4.98 Å². The van der Waals surface area contributed by atoms with E-state index >= 15 is 0 Å². The third-order valence-electron chi connectivity index (χ3n) is 3.77. The highest BCUT2D eigenvalue weighted by Crippen LogP contribution is 2.37. The molecule has 0 fully saturated rings. The molecule has 1 N–H and O–H groups in total. The number of aliphatic hydroxyl groups excluding tert-OH is 1. The van der Waals surface area contributed by atoms with Gasteiger partial charge in [0.25, 0.3) is 0 Å². The predicted octanol–water partition coefficient (Wildman–Crippen LogP) is 3.67. The van der Waals surface area contributed by atoms with Crippen molar-refractivity contribution in [2.45, 2.75) is 44.6 Å². The highest BCUT2D eigenvalue weighted by Gasteiger charge is 2.34. The summed E-state index contributed by atoms with van der Waals surface area (Å²) in [7, 11) is 0. The van der Waals surface area contributed by atoms with Crippen molar-refractivity contribution < 1.29 is 14.6 Å². The maximum absolute atomic E-state index is 12.9. The largest absolute Gasteiger partial charge is 0.459 e. The number of ether oxygens (including phenoxy) is 1. The Hall–Kier alpha value is -2.20. The molecule has 4 heteroatoms. The van der Waals surface area contributed by atoms with Crippen LogP contribution in [0.4, 0.5) is 0 Å². The number of benzene rings is 1. The molecule has 2 rings (SSSR count). The topological polar surface area (TPSA) is 59.4 Å². The zero-order valence-electron chi connectivity index (χ0n) is 14.5. The monoisotopic (exact) mass is 327 g/mol. The van der Waals surface area contributed by atoms with E-state index in [0.29, 0.717) is 6.42 Å². The summed E-state index contributed by atoms with van der Waals surface area (Å²) in [6, 6.07) is 13.5. The predicted molar refractivity (Wildman–Crippen MR) is 93.7 cm³/mol. The summed E-state index contributed by atoms with van der Waals surface area (Å²) in [5.74, 6) is -0.972. The SMILES string of the molecule is CC(C)(C)OC(=O)C(c1cccnc1)C(CCO)c1ccccc1. The third-order valence-corrected chi connectivity index (χ3v) is 3.77. The van der Waals surface area contributed by atoms with Crippen LogP contribution in [-0.4, -0.2) is 28.3 Å². The van der Waals surface area contributed by atoms with Gasteiger partial charge in [0.1, 0.15) is 5.60 Å².